The number of nitriles is 2. The van der Waals surface area contributed by atoms with E-state index in [-0.39, 0.29) is 5.41 Å². The van der Waals surface area contributed by atoms with Crippen molar-refractivity contribution in [2.45, 2.75) is 32.6 Å². The number of rotatable bonds is 7. The lowest BCUT2D eigenvalue weighted by Gasteiger charge is -2.24. The maximum atomic E-state index is 9.55. The molecule has 0 amide bonds. The predicted octanol–water partition coefficient (Wildman–Crippen LogP) is 11.6. The molecule has 1 aliphatic carbocycles. The first-order valence-corrected chi connectivity index (χ1v) is 16.9. The fourth-order valence-electron chi connectivity index (χ4n) is 7.53. The summed E-state index contributed by atoms with van der Waals surface area (Å²) in [6, 6.07) is 43.7. The van der Waals surface area contributed by atoms with Crippen LogP contribution < -0.4 is 5.73 Å². The Kier molecular flexibility index (Phi) is 8.28. The molecule has 0 spiro atoms. The van der Waals surface area contributed by atoms with Crippen molar-refractivity contribution < 1.29 is 0 Å². The largest absolute Gasteiger partial charge is 0.398 e. The predicted molar refractivity (Wildman–Crippen MR) is 209 cm³/mol. The van der Waals surface area contributed by atoms with Crippen molar-refractivity contribution in [1.29, 1.82) is 10.5 Å². The van der Waals surface area contributed by atoms with Crippen LogP contribution in [0.25, 0.3) is 60.6 Å². The fraction of sp³-hybridized carbons (Fsp3) is 0.106. The summed E-state index contributed by atoms with van der Waals surface area (Å²) >= 11 is 0. The van der Waals surface area contributed by atoms with E-state index in [1.54, 1.807) is 18.2 Å². The van der Waals surface area contributed by atoms with Gasteiger partial charge in [0.25, 0.3) is 0 Å². The number of benzene rings is 6. The molecule has 0 saturated carbocycles. The van der Waals surface area contributed by atoms with Crippen LogP contribution in [0.3, 0.4) is 0 Å². The van der Waals surface area contributed by atoms with E-state index < -0.39 is 0 Å². The van der Waals surface area contributed by atoms with Gasteiger partial charge in [0.2, 0.25) is 0 Å². The van der Waals surface area contributed by atoms with E-state index in [1.807, 2.05) is 25.1 Å². The Hall–Kier alpha value is -6.42. The topological polar surface area (TPSA) is 73.6 Å². The van der Waals surface area contributed by atoms with Gasteiger partial charge in [0, 0.05) is 22.3 Å². The van der Waals surface area contributed by atoms with Crippen LogP contribution in [0, 0.1) is 22.7 Å². The average molecular weight is 644 g/mol. The van der Waals surface area contributed by atoms with E-state index in [9.17, 15) is 10.5 Å². The molecular formula is C47H37N3. The molecule has 0 atom stereocenters. The van der Waals surface area contributed by atoms with Crippen LogP contribution >= 0.6 is 0 Å². The van der Waals surface area contributed by atoms with Gasteiger partial charge in [-0.25, -0.2) is 0 Å². The van der Waals surface area contributed by atoms with E-state index in [0.29, 0.717) is 23.3 Å². The van der Waals surface area contributed by atoms with Crippen LogP contribution in [0.1, 0.15) is 43.0 Å². The summed E-state index contributed by atoms with van der Waals surface area (Å²) in [5, 5.41) is 23.7. The lowest BCUT2D eigenvalue weighted by Crippen LogP contribution is -2.14. The Morgan fingerprint density at radius 3 is 2.02 bits per heavy atom. The van der Waals surface area contributed by atoms with Crippen LogP contribution in [-0.4, -0.2) is 0 Å². The smallest absolute Gasteiger partial charge is 0.0988 e. The number of hydrogen-bond acceptors (Lipinski definition) is 3. The van der Waals surface area contributed by atoms with Crippen LogP contribution in [0.4, 0.5) is 0 Å². The summed E-state index contributed by atoms with van der Waals surface area (Å²) < 4.78 is 0. The molecule has 3 heteroatoms. The second kappa shape index (κ2) is 12.9. The minimum atomic E-state index is -0.168. The van der Waals surface area contributed by atoms with Crippen molar-refractivity contribution in [2.24, 2.45) is 5.73 Å². The monoisotopic (exact) mass is 643 g/mol. The first-order chi connectivity index (χ1) is 24.3. The SMILES string of the molecule is C=C/C(C#N)=C\Cc1cccc(-c2c3ccccc3c(-c3cccc(/C(N)=C/C(C#N)=C\C)c3)c3cc4c(cc23)C(C)(C)c2ccccc2-4)c1. The lowest BCUT2D eigenvalue weighted by molar-refractivity contribution is 0.661. The van der Waals surface area contributed by atoms with Crippen molar-refractivity contribution in [3.63, 3.8) is 0 Å². The molecule has 0 radical (unpaired) electrons. The van der Waals surface area contributed by atoms with Crippen molar-refractivity contribution in [1.82, 2.24) is 0 Å². The van der Waals surface area contributed by atoms with Crippen LogP contribution in [0.2, 0.25) is 0 Å². The van der Waals surface area contributed by atoms with E-state index in [1.165, 1.54) is 38.6 Å². The summed E-state index contributed by atoms with van der Waals surface area (Å²) in [4.78, 5) is 0. The molecule has 50 heavy (non-hydrogen) atoms. The van der Waals surface area contributed by atoms with Crippen LogP contribution in [0.15, 0.2) is 151 Å². The highest BCUT2D eigenvalue weighted by molar-refractivity contribution is 6.22. The lowest BCUT2D eigenvalue weighted by atomic mass is 9.79. The van der Waals surface area contributed by atoms with Gasteiger partial charge in [-0.05, 0) is 115 Å². The van der Waals surface area contributed by atoms with E-state index in [4.69, 9.17) is 5.73 Å². The Bertz CT molecular complexity index is 2540. The standard InChI is InChI=1S/C47H37N3/c1-5-30(28-48)21-22-32-13-11-15-34(23-32)45-37-18-7-8-19-38(37)46(35-16-12-14-33(25-35)44(50)24-31(6-2)29-49)40-26-39-36-17-9-10-20-42(36)47(3,4)43(39)27-41(40)45/h5-21,23-27H,1,22,50H2,2-4H3/b30-21+,31-6+,44-24-. The van der Waals surface area contributed by atoms with Crippen molar-refractivity contribution in [3.05, 3.63) is 173 Å². The maximum absolute atomic E-state index is 9.55. The molecule has 0 saturated heterocycles. The number of allylic oxidation sites excluding steroid dienone is 6. The molecule has 2 N–H and O–H groups in total. The van der Waals surface area contributed by atoms with E-state index in [0.717, 1.165) is 38.6 Å². The highest BCUT2D eigenvalue weighted by Gasteiger charge is 2.36. The van der Waals surface area contributed by atoms with Gasteiger partial charge in [-0.3, -0.25) is 0 Å². The highest BCUT2D eigenvalue weighted by atomic mass is 14.6. The van der Waals surface area contributed by atoms with Gasteiger partial charge in [-0.2, -0.15) is 10.5 Å². The third-order valence-corrected chi connectivity index (χ3v) is 10.1. The van der Waals surface area contributed by atoms with Crippen molar-refractivity contribution in [3.8, 4) is 45.5 Å². The molecule has 7 rings (SSSR count). The van der Waals surface area contributed by atoms with Gasteiger partial charge in [0.1, 0.15) is 0 Å². The van der Waals surface area contributed by atoms with Gasteiger partial charge >= 0.3 is 0 Å². The zero-order chi connectivity index (χ0) is 35.0. The van der Waals surface area contributed by atoms with Gasteiger partial charge in [-0.15, -0.1) is 0 Å². The normalized spacial score (nSPS) is 13.8. The number of fused-ring (bicyclic) bond motifs is 5. The molecule has 240 valence electrons. The van der Waals surface area contributed by atoms with Crippen molar-refractivity contribution in [2.75, 3.05) is 0 Å². The molecular weight excluding hydrogens is 607 g/mol. The third kappa shape index (κ3) is 5.40. The van der Waals surface area contributed by atoms with Gasteiger partial charge in [-0.1, -0.05) is 130 Å². The molecule has 0 bridgehead atoms. The molecule has 0 unspecified atom stereocenters. The van der Waals surface area contributed by atoms with Gasteiger partial charge in [0.05, 0.1) is 12.1 Å². The molecule has 0 aliphatic heterocycles. The summed E-state index contributed by atoms with van der Waals surface area (Å²) in [6.45, 7) is 10.3. The first-order valence-electron chi connectivity index (χ1n) is 16.9. The minimum Gasteiger partial charge on any atom is -0.398 e. The Morgan fingerprint density at radius 2 is 1.34 bits per heavy atom. The number of hydrogen-bond donors (Lipinski definition) is 1. The summed E-state index contributed by atoms with van der Waals surface area (Å²) in [6.07, 6.45) is 7.67. The molecule has 6 aromatic carbocycles. The average Bonchev–Trinajstić information content (AvgIpc) is 3.37. The Labute approximate surface area is 294 Å². The second-order valence-corrected chi connectivity index (χ2v) is 13.3. The highest BCUT2D eigenvalue weighted by Crippen LogP contribution is 2.53. The van der Waals surface area contributed by atoms with Crippen molar-refractivity contribution >= 4 is 27.2 Å². The Morgan fingerprint density at radius 1 is 0.700 bits per heavy atom. The summed E-state index contributed by atoms with van der Waals surface area (Å²) in [5.41, 5.74) is 19.8. The van der Waals surface area contributed by atoms with Crippen LogP contribution in [-0.2, 0) is 11.8 Å². The zero-order valence-corrected chi connectivity index (χ0v) is 28.6. The molecule has 1 aliphatic rings. The first kappa shape index (κ1) is 32.1. The van der Waals surface area contributed by atoms with E-state index >= 15 is 0 Å². The van der Waals surface area contributed by atoms with Crippen LogP contribution in [0.5, 0.6) is 0 Å². The maximum Gasteiger partial charge on any atom is 0.0988 e. The quantitative estimate of drug-likeness (QED) is 0.107. The van der Waals surface area contributed by atoms with Gasteiger partial charge < -0.3 is 5.73 Å². The molecule has 3 nitrogen and oxygen atoms in total. The molecule has 6 aromatic rings. The van der Waals surface area contributed by atoms with Gasteiger partial charge in [0.15, 0.2) is 0 Å². The second-order valence-electron chi connectivity index (χ2n) is 13.3. The number of nitrogens with two attached hydrogens (primary N) is 1. The molecule has 0 fully saturated rings. The zero-order valence-electron chi connectivity index (χ0n) is 28.6. The Balaban J connectivity index is 1.57. The molecule has 0 heterocycles. The van der Waals surface area contributed by atoms with E-state index in [2.05, 4.69) is 130 Å². The number of nitrogens with zero attached hydrogens (tertiary/aromatic N) is 2. The summed E-state index contributed by atoms with van der Waals surface area (Å²) in [7, 11) is 0. The third-order valence-electron chi connectivity index (χ3n) is 10.1. The summed E-state index contributed by atoms with van der Waals surface area (Å²) in [5.74, 6) is 0. The fourth-order valence-corrected chi connectivity index (χ4v) is 7.53. The molecule has 0 aromatic heterocycles. The minimum absolute atomic E-state index is 0.168.